The first-order valence-corrected chi connectivity index (χ1v) is 5.45. The van der Waals surface area contributed by atoms with E-state index in [4.69, 9.17) is 16.7 Å². The van der Waals surface area contributed by atoms with E-state index < -0.39 is 5.97 Å². The molecule has 0 aliphatic carbocycles. The van der Waals surface area contributed by atoms with Crippen LogP contribution in [0.2, 0.25) is 5.02 Å². The highest BCUT2D eigenvalue weighted by Gasteiger charge is 2.09. The Hall–Kier alpha value is -1.59. The number of hydrogen-bond donors (Lipinski definition) is 3. The van der Waals surface area contributed by atoms with E-state index in [0.717, 1.165) is 0 Å². The number of amides is 1. The Labute approximate surface area is 104 Å². The molecule has 0 radical (unpaired) electrons. The van der Waals surface area contributed by atoms with Crippen molar-refractivity contribution in [1.82, 2.24) is 5.32 Å². The number of carbonyl (C=O) groups is 2. The summed E-state index contributed by atoms with van der Waals surface area (Å²) in [5, 5.41) is 14.5. The summed E-state index contributed by atoms with van der Waals surface area (Å²) in [5.74, 6) is -1.33. The molecule has 0 unspecified atom stereocenters. The summed E-state index contributed by atoms with van der Waals surface area (Å²) in [5.41, 5.74) is 0.377. The first-order valence-electron chi connectivity index (χ1n) is 5.08. The molecule has 0 fully saturated rings. The van der Waals surface area contributed by atoms with Crippen LogP contribution < -0.4 is 10.6 Å². The predicted octanol–water partition coefficient (Wildman–Crippen LogP) is 1.59. The molecule has 0 saturated carbocycles. The maximum Gasteiger partial charge on any atom is 0.335 e. The Morgan fingerprint density at radius 2 is 2.12 bits per heavy atom. The lowest BCUT2D eigenvalue weighted by Crippen LogP contribution is -2.27. The number of carboxylic acids is 1. The third kappa shape index (κ3) is 4.05. The van der Waals surface area contributed by atoms with E-state index in [1.54, 1.807) is 0 Å². The van der Waals surface area contributed by atoms with E-state index in [0.29, 0.717) is 17.3 Å². The van der Waals surface area contributed by atoms with Crippen LogP contribution in [0.15, 0.2) is 18.2 Å². The molecular weight excluding hydrogens is 244 g/mol. The standard InChI is InChI=1S/C11H13ClN2O3/c1-2-13-6-10(15)14-9-5-7(11(16)17)3-4-8(9)12/h3-5,13H,2,6H2,1H3,(H,14,15)(H,16,17). The quantitative estimate of drug-likeness (QED) is 0.748. The van der Waals surface area contributed by atoms with Crippen LogP contribution in [0.5, 0.6) is 0 Å². The van der Waals surface area contributed by atoms with E-state index in [2.05, 4.69) is 10.6 Å². The molecular formula is C11H13ClN2O3. The van der Waals surface area contributed by atoms with Crippen molar-refractivity contribution in [1.29, 1.82) is 0 Å². The average molecular weight is 257 g/mol. The van der Waals surface area contributed by atoms with Crippen molar-refractivity contribution in [2.24, 2.45) is 0 Å². The zero-order chi connectivity index (χ0) is 12.8. The van der Waals surface area contributed by atoms with Crippen LogP contribution in [0.1, 0.15) is 17.3 Å². The zero-order valence-corrected chi connectivity index (χ0v) is 10.0. The van der Waals surface area contributed by atoms with Gasteiger partial charge in [0.2, 0.25) is 5.91 Å². The number of aromatic carboxylic acids is 1. The van der Waals surface area contributed by atoms with Crippen LogP contribution in [0, 0.1) is 0 Å². The molecule has 0 aliphatic rings. The molecule has 5 nitrogen and oxygen atoms in total. The summed E-state index contributed by atoms with van der Waals surface area (Å²) in [7, 11) is 0. The molecule has 0 saturated heterocycles. The molecule has 1 aromatic carbocycles. The van der Waals surface area contributed by atoms with Gasteiger partial charge in [-0.05, 0) is 24.7 Å². The van der Waals surface area contributed by atoms with Gasteiger partial charge in [0.05, 0.1) is 22.8 Å². The lowest BCUT2D eigenvalue weighted by molar-refractivity contribution is -0.115. The van der Waals surface area contributed by atoms with Crippen molar-refractivity contribution < 1.29 is 14.7 Å². The van der Waals surface area contributed by atoms with Gasteiger partial charge in [-0.25, -0.2) is 4.79 Å². The second-order valence-corrected chi connectivity index (χ2v) is 3.74. The van der Waals surface area contributed by atoms with Crippen molar-refractivity contribution >= 4 is 29.2 Å². The lowest BCUT2D eigenvalue weighted by atomic mass is 10.2. The maximum absolute atomic E-state index is 11.4. The minimum absolute atomic E-state index is 0.0770. The Morgan fingerprint density at radius 1 is 1.41 bits per heavy atom. The van der Waals surface area contributed by atoms with Crippen molar-refractivity contribution in [2.75, 3.05) is 18.4 Å². The maximum atomic E-state index is 11.4. The highest BCUT2D eigenvalue weighted by atomic mass is 35.5. The normalized spacial score (nSPS) is 10.0. The van der Waals surface area contributed by atoms with Crippen LogP contribution in [-0.4, -0.2) is 30.1 Å². The van der Waals surface area contributed by atoms with Crippen molar-refractivity contribution in [2.45, 2.75) is 6.92 Å². The number of nitrogens with one attached hydrogen (secondary N) is 2. The first kappa shape index (κ1) is 13.5. The van der Waals surface area contributed by atoms with E-state index >= 15 is 0 Å². The topological polar surface area (TPSA) is 78.4 Å². The van der Waals surface area contributed by atoms with Crippen molar-refractivity contribution in [3.8, 4) is 0 Å². The Morgan fingerprint density at radius 3 is 2.71 bits per heavy atom. The fraction of sp³-hybridized carbons (Fsp3) is 0.273. The summed E-state index contributed by atoms with van der Waals surface area (Å²) in [6.45, 7) is 2.71. The number of hydrogen-bond acceptors (Lipinski definition) is 3. The van der Waals surface area contributed by atoms with E-state index in [1.165, 1.54) is 18.2 Å². The van der Waals surface area contributed by atoms with Crippen LogP contribution in [-0.2, 0) is 4.79 Å². The van der Waals surface area contributed by atoms with Crippen LogP contribution >= 0.6 is 11.6 Å². The van der Waals surface area contributed by atoms with Gasteiger partial charge in [-0.15, -0.1) is 0 Å². The molecule has 1 amide bonds. The molecule has 1 rings (SSSR count). The molecule has 0 aromatic heterocycles. The van der Waals surface area contributed by atoms with Crippen LogP contribution in [0.25, 0.3) is 0 Å². The molecule has 0 spiro atoms. The number of anilines is 1. The zero-order valence-electron chi connectivity index (χ0n) is 9.29. The molecule has 6 heteroatoms. The third-order valence-corrected chi connectivity index (χ3v) is 2.35. The fourth-order valence-electron chi connectivity index (χ4n) is 1.19. The van der Waals surface area contributed by atoms with Gasteiger partial charge in [-0.1, -0.05) is 18.5 Å². The van der Waals surface area contributed by atoms with Gasteiger partial charge in [0.15, 0.2) is 0 Å². The Balaban J connectivity index is 2.79. The summed E-state index contributed by atoms with van der Waals surface area (Å²) in [6, 6.07) is 4.15. The number of carbonyl (C=O) groups excluding carboxylic acids is 1. The van der Waals surface area contributed by atoms with Crippen molar-refractivity contribution in [3.05, 3.63) is 28.8 Å². The fourth-order valence-corrected chi connectivity index (χ4v) is 1.35. The largest absolute Gasteiger partial charge is 0.478 e. The van der Waals surface area contributed by atoms with Gasteiger partial charge in [0, 0.05) is 0 Å². The van der Waals surface area contributed by atoms with Crippen LogP contribution in [0.4, 0.5) is 5.69 Å². The lowest BCUT2D eigenvalue weighted by Gasteiger charge is -2.08. The molecule has 92 valence electrons. The summed E-state index contributed by atoms with van der Waals surface area (Å²) in [6.07, 6.45) is 0. The number of carboxylic acid groups (broad SMARTS) is 1. The van der Waals surface area contributed by atoms with E-state index in [9.17, 15) is 9.59 Å². The van der Waals surface area contributed by atoms with Gasteiger partial charge in [-0.3, -0.25) is 4.79 Å². The minimum Gasteiger partial charge on any atom is -0.478 e. The monoisotopic (exact) mass is 256 g/mol. The second kappa shape index (κ2) is 6.22. The molecule has 0 bridgehead atoms. The summed E-state index contributed by atoms with van der Waals surface area (Å²) < 4.78 is 0. The van der Waals surface area contributed by atoms with E-state index in [1.807, 2.05) is 6.92 Å². The van der Waals surface area contributed by atoms with Gasteiger partial charge >= 0.3 is 5.97 Å². The van der Waals surface area contributed by atoms with Gasteiger partial charge in [0.25, 0.3) is 0 Å². The predicted molar refractivity (Wildman–Crippen MR) is 65.6 cm³/mol. The number of likely N-dealkylation sites (N-methyl/N-ethyl adjacent to an activating group) is 1. The Bertz CT molecular complexity index is 435. The summed E-state index contributed by atoms with van der Waals surface area (Å²) in [4.78, 5) is 22.2. The molecule has 0 heterocycles. The van der Waals surface area contributed by atoms with Crippen molar-refractivity contribution in [3.63, 3.8) is 0 Å². The third-order valence-electron chi connectivity index (χ3n) is 2.02. The van der Waals surface area contributed by atoms with E-state index in [-0.39, 0.29) is 18.0 Å². The molecule has 0 atom stereocenters. The number of benzene rings is 1. The van der Waals surface area contributed by atoms with Crippen LogP contribution in [0.3, 0.4) is 0 Å². The van der Waals surface area contributed by atoms with Gasteiger partial charge in [0.1, 0.15) is 0 Å². The minimum atomic E-state index is -1.07. The average Bonchev–Trinajstić information content (AvgIpc) is 2.29. The SMILES string of the molecule is CCNCC(=O)Nc1cc(C(=O)O)ccc1Cl. The highest BCUT2D eigenvalue weighted by Crippen LogP contribution is 2.22. The van der Waals surface area contributed by atoms with Gasteiger partial charge in [-0.2, -0.15) is 0 Å². The highest BCUT2D eigenvalue weighted by molar-refractivity contribution is 6.33. The number of rotatable bonds is 5. The smallest absolute Gasteiger partial charge is 0.335 e. The molecule has 17 heavy (non-hydrogen) atoms. The molecule has 3 N–H and O–H groups in total. The Kier molecular flexibility index (Phi) is 4.93. The first-order chi connectivity index (χ1) is 8.04. The number of halogens is 1. The van der Waals surface area contributed by atoms with Gasteiger partial charge < -0.3 is 15.7 Å². The summed E-state index contributed by atoms with van der Waals surface area (Å²) >= 11 is 5.85. The molecule has 0 aliphatic heterocycles. The second-order valence-electron chi connectivity index (χ2n) is 3.33. The molecule has 1 aromatic rings.